The van der Waals surface area contributed by atoms with Crippen LogP contribution in [0.4, 0.5) is 0 Å². The largest absolute Gasteiger partial charge is 0.352 e. The number of carbonyl (C=O) groups excluding carboxylic acids is 1. The Hall–Kier alpha value is -1.13. The topological polar surface area (TPSA) is 45.2 Å². The molecule has 0 saturated carbocycles. The first-order valence-corrected chi connectivity index (χ1v) is 7.09. The lowest BCUT2D eigenvalue weighted by Crippen LogP contribution is -2.30. The molecule has 0 saturated heterocycles. The number of hydrogen-bond acceptors (Lipinski definition) is 3. The van der Waals surface area contributed by atoms with E-state index >= 15 is 0 Å². The molecule has 0 spiro atoms. The molecule has 1 aromatic rings. The van der Waals surface area contributed by atoms with Gasteiger partial charge in [-0.1, -0.05) is 25.4 Å². The first kappa shape index (κ1) is 15.9. The molecule has 1 aromatic heterocycles. The predicted molar refractivity (Wildman–Crippen MR) is 78.7 cm³/mol. The normalized spacial score (nSPS) is 10.8. The first-order chi connectivity index (χ1) is 9.08. The number of nitrogens with zero attached hydrogens (tertiary/aromatic N) is 2. The van der Waals surface area contributed by atoms with E-state index < -0.39 is 0 Å². The lowest BCUT2D eigenvalue weighted by Gasteiger charge is -2.17. The summed E-state index contributed by atoms with van der Waals surface area (Å²) in [5.74, 6) is -0.156. The van der Waals surface area contributed by atoms with Crippen molar-refractivity contribution in [1.82, 2.24) is 15.2 Å². The van der Waals surface area contributed by atoms with Gasteiger partial charge < -0.3 is 10.2 Å². The molecule has 19 heavy (non-hydrogen) atoms. The second kappa shape index (κ2) is 8.12. The smallest absolute Gasteiger partial charge is 0.254 e. The van der Waals surface area contributed by atoms with Crippen molar-refractivity contribution >= 4 is 17.5 Å². The first-order valence-electron chi connectivity index (χ1n) is 6.71. The number of pyridine rings is 1. The third-order valence-electron chi connectivity index (χ3n) is 3.07. The molecule has 0 fully saturated rings. The van der Waals surface area contributed by atoms with E-state index in [1.807, 2.05) is 6.92 Å². The summed E-state index contributed by atoms with van der Waals surface area (Å²) >= 11 is 6.02. The minimum atomic E-state index is -0.156. The molecule has 1 heterocycles. The minimum Gasteiger partial charge on any atom is -0.352 e. The molecular formula is C14H22ClN3O. The number of hydrogen-bond donors (Lipinski definition) is 1. The molecular weight excluding hydrogens is 262 g/mol. The van der Waals surface area contributed by atoms with Crippen molar-refractivity contribution in [2.45, 2.75) is 27.2 Å². The Morgan fingerprint density at radius 2 is 2.11 bits per heavy atom. The molecule has 1 amide bonds. The van der Waals surface area contributed by atoms with Crippen LogP contribution in [-0.2, 0) is 0 Å². The SMILES string of the molecule is CCN(CC)CCCNC(=O)c1cnc(C)cc1Cl. The number of aryl methyl sites for hydroxylation is 1. The Morgan fingerprint density at radius 3 is 2.68 bits per heavy atom. The van der Waals surface area contributed by atoms with Crippen molar-refractivity contribution < 1.29 is 4.79 Å². The summed E-state index contributed by atoms with van der Waals surface area (Å²) in [6, 6.07) is 1.70. The lowest BCUT2D eigenvalue weighted by atomic mass is 10.2. The highest BCUT2D eigenvalue weighted by molar-refractivity contribution is 6.33. The van der Waals surface area contributed by atoms with Crippen molar-refractivity contribution in [2.24, 2.45) is 0 Å². The van der Waals surface area contributed by atoms with Crippen LogP contribution in [0.2, 0.25) is 5.02 Å². The van der Waals surface area contributed by atoms with E-state index in [0.29, 0.717) is 17.1 Å². The molecule has 4 nitrogen and oxygen atoms in total. The van der Waals surface area contributed by atoms with Crippen molar-refractivity contribution in [3.63, 3.8) is 0 Å². The molecule has 0 unspecified atom stereocenters. The fraction of sp³-hybridized carbons (Fsp3) is 0.571. The summed E-state index contributed by atoms with van der Waals surface area (Å²) in [4.78, 5) is 18.3. The second-order valence-corrected chi connectivity index (χ2v) is 4.85. The van der Waals surface area contributed by atoms with Crippen LogP contribution >= 0.6 is 11.6 Å². The minimum absolute atomic E-state index is 0.156. The summed E-state index contributed by atoms with van der Waals surface area (Å²) in [5, 5.41) is 3.33. The second-order valence-electron chi connectivity index (χ2n) is 4.44. The van der Waals surface area contributed by atoms with E-state index in [4.69, 9.17) is 11.6 Å². The van der Waals surface area contributed by atoms with Gasteiger partial charge in [0.1, 0.15) is 0 Å². The number of aromatic nitrogens is 1. The summed E-state index contributed by atoms with van der Waals surface area (Å²) in [6.45, 7) is 9.85. The van der Waals surface area contributed by atoms with Gasteiger partial charge in [-0.05, 0) is 39.0 Å². The zero-order chi connectivity index (χ0) is 14.3. The average molecular weight is 284 g/mol. The number of amides is 1. The zero-order valence-electron chi connectivity index (χ0n) is 11.9. The fourth-order valence-corrected chi connectivity index (χ4v) is 2.13. The quantitative estimate of drug-likeness (QED) is 0.782. The van der Waals surface area contributed by atoms with Crippen molar-refractivity contribution in [3.8, 4) is 0 Å². The van der Waals surface area contributed by atoms with Gasteiger partial charge in [0.15, 0.2) is 0 Å². The molecule has 1 N–H and O–H groups in total. The van der Waals surface area contributed by atoms with Crippen LogP contribution in [0.25, 0.3) is 0 Å². The van der Waals surface area contributed by atoms with Gasteiger partial charge in [0.25, 0.3) is 5.91 Å². The maximum absolute atomic E-state index is 11.9. The Morgan fingerprint density at radius 1 is 1.42 bits per heavy atom. The van der Waals surface area contributed by atoms with Gasteiger partial charge in [0.05, 0.1) is 10.6 Å². The van der Waals surface area contributed by atoms with Crippen LogP contribution in [0.15, 0.2) is 12.3 Å². The standard InChI is InChI=1S/C14H22ClN3O/c1-4-18(5-2)8-6-7-16-14(19)12-10-17-11(3)9-13(12)15/h9-10H,4-8H2,1-3H3,(H,16,19). The number of rotatable bonds is 7. The van der Waals surface area contributed by atoms with Gasteiger partial charge in [-0.15, -0.1) is 0 Å². The molecule has 1 rings (SSSR count). The van der Waals surface area contributed by atoms with E-state index in [1.54, 1.807) is 6.07 Å². The van der Waals surface area contributed by atoms with Gasteiger partial charge in [-0.3, -0.25) is 9.78 Å². The molecule has 0 bridgehead atoms. The van der Waals surface area contributed by atoms with Crippen LogP contribution in [0.3, 0.4) is 0 Å². The van der Waals surface area contributed by atoms with E-state index in [1.165, 1.54) is 6.20 Å². The fourth-order valence-electron chi connectivity index (χ4n) is 1.83. The molecule has 0 aliphatic carbocycles. The van der Waals surface area contributed by atoms with Crippen LogP contribution < -0.4 is 5.32 Å². The number of halogens is 1. The third kappa shape index (κ3) is 5.17. The molecule has 0 atom stereocenters. The van der Waals surface area contributed by atoms with Crippen LogP contribution in [0.5, 0.6) is 0 Å². The van der Waals surface area contributed by atoms with E-state index in [2.05, 4.69) is 29.0 Å². The van der Waals surface area contributed by atoms with E-state index in [-0.39, 0.29) is 5.91 Å². The van der Waals surface area contributed by atoms with Crippen LogP contribution in [0, 0.1) is 6.92 Å². The highest BCUT2D eigenvalue weighted by Gasteiger charge is 2.10. The Bertz CT molecular complexity index is 419. The average Bonchev–Trinajstić information content (AvgIpc) is 2.38. The van der Waals surface area contributed by atoms with Gasteiger partial charge >= 0.3 is 0 Å². The third-order valence-corrected chi connectivity index (χ3v) is 3.38. The van der Waals surface area contributed by atoms with Crippen molar-refractivity contribution in [3.05, 3.63) is 28.5 Å². The Labute approximate surface area is 120 Å². The molecule has 0 radical (unpaired) electrons. The Balaban J connectivity index is 2.39. The zero-order valence-corrected chi connectivity index (χ0v) is 12.6. The highest BCUT2D eigenvalue weighted by atomic mass is 35.5. The van der Waals surface area contributed by atoms with Gasteiger partial charge in [0.2, 0.25) is 0 Å². The summed E-state index contributed by atoms with van der Waals surface area (Å²) in [5.41, 5.74) is 1.25. The maximum atomic E-state index is 11.9. The molecule has 0 aliphatic rings. The van der Waals surface area contributed by atoms with Crippen molar-refractivity contribution in [1.29, 1.82) is 0 Å². The Kier molecular flexibility index (Phi) is 6.81. The van der Waals surface area contributed by atoms with E-state index in [9.17, 15) is 4.79 Å². The van der Waals surface area contributed by atoms with Gasteiger partial charge in [-0.25, -0.2) is 0 Å². The molecule has 5 heteroatoms. The monoisotopic (exact) mass is 283 g/mol. The summed E-state index contributed by atoms with van der Waals surface area (Å²) in [7, 11) is 0. The molecule has 0 aromatic carbocycles. The van der Waals surface area contributed by atoms with Crippen LogP contribution in [0.1, 0.15) is 36.3 Å². The highest BCUT2D eigenvalue weighted by Crippen LogP contribution is 2.15. The summed E-state index contributed by atoms with van der Waals surface area (Å²) in [6.07, 6.45) is 2.46. The van der Waals surface area contributed by atoms with Crippen LogP contribution in [-0.4, -0.2) is 42.0 Å². The maximum Gasteiger partial charge on any atom is 0.254 e. The number of carbonyl (C=O) groups is 1. The lowest BCUT2D eigenvalue weighted by molar-refractivity contribution is 0.0951. The van der Waals surface area contributed by atoms with Gasteiger partial charge in [0, 0.05) is 18.4 Å². The van der Waals surface area contributed by atoms with Crippen molar-refractivity contribution in [2.75, 3.05) is 26.2 Å². The van der Waals surface area contributed by atoms with Gasteiger partial charge in [-0.2, -0.15) is 0 Å². The molecule has 106 valence electrons. The molecule has 0 aliphatic heterocycles. The predicted octanol–water partition coefficient (Wildman–Crippen LogP) is 2.51. The summed E-state index contributed by atoms with van der Waals surface area (Å²) < 4.78 is 0. The van der Waals surface area contributed by atoms with E-state index in [0.717, 1.165) is 31.7 Å². The number of nitrogens with one attached hydrogen (secondary N) is 1.